The zero-order chi connectivity index (χ0) is 28.5. The van der Waals surface area contributed by atoms with E-state index in [1.54, 1.807) is 6.07 Å². The van der Waals surface area contributed by atoms with E-state index in [1.165, 1.54) is 18.2 Å². The molecule has 4 rings (SSSR count). The Kier molecular flexibility index (Phi) is 8.53. The van der Waals surface area contributed by atoms with E-state index < -0.39 is 27.3 Å². The number of anilines is 1. The van der Waals surface area contributed by atoms with Crippen LogP contribution in [0.4, 0.5) is 10.2 Å². The van der Waals surface area contributed by atoms with E-state index in [-0.39, 0.29) is 39.8 Å². The molecule has 214 valence electrons. The molecule has 2 aliphatic rings. The molecular weight excluding hydrogens is 521 g/mol. The molecule has 2 atom stereocenters. The van der Waals surface area contributed by atoms with Crippen LogP contribution in [0.1, 0.15) is 64.2 Å². The predicted octanol–water partition coefficient (Wildman–Crippen LogP) is 3.68. The number of rotatable bonds is 9. The van der Waals surface area contributed by atoms with E-state index in [0.29, 0.717) is 37.4 Å². The second-order valence-corrected chi connectivity index (χ2v) is 13.5. The van der Waals surface area contributed by atoms with E-state index in [2.05, 4.69) is 17.0 Å². The molecule has 2 fully saturated rings. The van der Waals surface area contributed by atoms with Gasteiger partial charge in [-0.15, -0.1) is 0 Å². The molecule has 9 nitrogen and oxygen atoms in total. The summed E-state index contributed by atoms with van der Waals surface area (Å²) in [5, 5.41) is 3.19. The second-order valence-electron chi connectivity index (χ2n) is 11.8. The van der Waals surface area contributed by atoms with Crippen molar-refractivity contribution in [2.45, 2.75) is 70.4 Å². The molecule has 2 aromatic rings. The zero-order valence-electron chi connectivity index (χ0n) is 23.4. The topological polar surface area (TPSA) is 127 Å². The van der Waals surface area contributed by atoms with Crippen LogP contribution in [-0.2, 0) is 10.0 Å². The Balaban J connectivity index is 1.91. The number of aromatic nitrogens is 1. The van der Waals surface area contributed by atoms with Gasteiger partial charge in [0.25, 0.3) is 5.91 Å². The largest absolute Gasteiger partial charge is 0.493 e. The highest BCUT2D eigenvalue weighted by atomic mass is 32.2. The molecule has 4 N–H and O–H groups in total. The molecule has 39 heavy (non-hydrogen) atoms. The van der Waals surface area contributed by atoms with Crippen molar-refractivity contribution in [2.75, 3.05) is 31.1 Å². The molecule has 0 radical (unpaired) electrons. The van der Waals surface area contributed by atoms with Gasteiger partial charge in [0, 0.05) is 36.3 Å². The molecule has 1 aromatic carbocycles. The van der Waals surface area contributed by atoms with Gasteiger partial charge in [0.1, 0.15) is 27.8 Å². The smallest absolute Gasteiger partial charge is 0.253 e. The number of pyridine rings is 1. The first-order valence-electron chi connectivity index (χ1n) is 13.6. The summed E-state index contributed by atoms with van der Waals surface area (Å²) in [6.45, 7) is 12.4. The lowest BCUT2D eigenvalue weighted by Crippen LogP contribution is -2.46. The highest BCUT2D eigenvalue weighted by molar-refractivity contribution is 7.89. The molecule has 11 heteroatoms. The van der Waals surface area contributed by atoms with E-state index in [1.807, 2.05) is 32.6 Å². The summed E-state index contributed by atoms with van der Waals surface area (Å²) in [5.74, 6) is -0.422. The summed E-state index contributed by atoms with van der Waals surface area (Å²) >= 11 is 0. The first kappa shape index (κ1) is 29.2. The first-order valence-corrected chi connectivity index (χ1v) is 15.0. The molecule has 0 unspecified atom stereocenters. The number of ether oxygens (including phenoxy) is 1. The van der Waals surface area contributed by atoms with Crippen LogP contribution in [0.3, 0.4) is 0 Å². The summed E-state index contributed by atoms with van der Waals surface area (Å²) in [6.07, 6.45) is 2.31. The van der Waals surface area contributed by atoms with Gasteiger partial charge in [-0.05, 0) is 69.7 Å². The summed E-state index contributed by atoms with van der Waals surface area (Å²) in [7, 11) is -4.19. The third kappa shape index (κ3) is 6.70. The predicted molar refractivity (Wildman–Crippen MR) is 150 cm³/mol. The minimum atomic E-state index is -4.19. The maximum atomic E-state index is 14.7. The molecule has 0 saturated carbocycles. The van der Waals surface area contributed by atoms with Crippen LogP contribution < -0.4 is 25.4 Å². The summed E-state index contributed by atoms with van der Waals surface area (Å²) in [4.78, 5) is 19.4. The van der Waals surface area contributed by atoms with Crippen molar-refractivity contribution in [1.29, 1.82) is 0 Å². The molecule has 0 aliphatic carbocycles. The Morgan fingerprint density at radius 2 is 2.05 bits per heavy atom. The fraction of sp³-hybridized carbons (Fsp3) is 0.571. The molecule has 2 saturated heterocycles. The first-order chi connectivity index (χ1) is 18.3. The number of benzene rings is 1. The van der Waals surface area contributed by atoms with Crippen LogP contribution >= 0.6 is 0 Å². The van der Waals surface area contributed by atoms with Gasteiger partial charge in [-0.3, -0.25) is 4.79 Å². The number of carbonyl (C=O) groups is 1. The maximum absolute atomic E-state index is 14.7. The number of nitrogens with two attached hydrogens (primary N) is 1. The molecular formula is C28H40FN5O4S. The summed E-state index contributed by atoms with van der Waals surface area (Å²) < 4.78 is 50.9. The minimum Gasteiger partial charge on any atom is -0.493 e. The quantitative estimate of drug-likeness (QED) is 0.426. The van der Waals surface area contributed by atoms with E-state index in [0.717, 1.165) is 19.4 Å². The van der Waals surface area contributed by atoms with Gasteiger partial charge < -0.3 is 20.7 Å². The number of halogens is 1. The van der Waals surface area contributed by atoms with Gasteiger partial charge >= 0.3 is 0 Å². The Labute approximate surface area is 230 Å². The lowest BCUT2D eigenvalue weighted by Gasteiger charge is -2.34. The Hall–Kier alpha value is -2.76. The van der Waals surface area contributed by atoms with E-state index in [9.17, 15) is 17.6 Å². The highest BCUT2D eigenvalue weighted by Crippen LogP contribution is 2.40. The van der Waals surface area contributed by atoms with E-state index >= 15 is 0 Å². The lowest BCUT2D eigenvalue weighted by atomic mass is 9.97. The lowest BCUT2D eigenvalue weighted by molar-refractivity contribution is 0.0997. The molecule has 1 aromatic heterocycles. The van der Waals surface area contributed by atoms with Crippen molar-refractivity contribution in [1.82, 2.24) is 15.0 Å². The maximum Gasteiger partial charge on any atom is 0.253 e. The highest BCUT2D eigenvalue weighted by Gasteiger charge is 2.41. The summed E-state index contributed by atoms with van der Waals surface area (Å²) in [5.41, 5.74) is 5.83. The number of carbonyl (C=O) groups excluding carboxylic acids is 1. The number of amides is 1. The van der Waals surface area contributed by atoms with Crippen molar-refractivity contribution >= 4 is 21.7 Å². The third-order valence-corrected chi connectivity index (χ3v) is 8.74. The molecule has 0 bridgehead atoms. The molecule has 0 spiro atoms. The third-order valence-electron chi connectivity index (χ3n) is 7.20. The van der Waals surface area contributed by atoms with Crippen LogP contribution in [0.2, 0.25) is 0 Å². The van der Waals surface area contributed by atoms with Gasteiger partial charge in [0.2, 0.25) is 10.0 Å². The standard InChI is InChI=1S/C28H40FN5O4S/c1-17(2)16-38-22-10-19(9-20(29)11-22)23-12-24(39(36,37)33-21-7-6-8-31-14-21)25(26(30)35)27(32-23)34-15-18(3)13-28(34,4)5/h9-12,17-18,21,31,33H,6-8,13-16H2,1-5H3,(H2,30,35)/t18-,21+/m0/s1. The Bertz CT molecular complexity index is 1330. The van der Waals surface area contributed by atoms with Gasteiger partial charge in [0.05, 0.1) is 12.3 Å². The number of sulfonamides is 1. The molecule has 2 aliphatic heterocycles. The number of hydrogen-bond donors (Lipinski definition) is 3. The minimum absolute atomic E-state index is 0.162. The monoisotopic (exact) mass is 561 g/mol. The van der Waals surface area contributed by atoms with Gasteiger partial charge in [-0.1, -0.05) is 20.8 Å². The number of primary amides is 1. The van der Waals surface area contributed by atoms with Crippen molar-refractivity contribution in [3.63, 3.8) is 0 Å². The number of nitrogens with one attached hydrogen (secondary N) is 2. The van der Waals surface area contributed by atoms with Crippen molar-refractivity contribution in [3.05, 3.63) is 35.6 Å². The SMILES string of the molecule is CC(C)COc1cc(F)cc(-c2cc(S(=O)(=O)N[C@@H]3CCCNC3)c(C(N)=O)c(N3C[C@@H](C)CC3(C)C)n2)c1. The Morgan fingerprint density at radius 1 is 1.31 bits per heavy atom. The van der Waals surface area contributed by atoms with Crippen LogP contribution in [0, 0.1) is 17.7 Å². The molecule has 1 amide bonds. The van der Waals surface area contributed by atoms with Gasteiger partial charge in [-0.25, -0.2) is 22.5 Å². The zero-order valence-corrected chi connectivity index (χ0v) is 24.2. The van der Waals surface area contributed by atoms with Gasteiger partial charge in [0.15, 0.2) is 0 Å². The summed E-state index contributed by atoms with van der Waals surface area (Å²) in [6, 6.07) is 5.18. The molecule has 3 heterocycles. The average Bonchev–Trinajstić information content (AvgIpc) is 3.13. The average molecular weight is 562 g/mol. The normalized spacial score (nSPS) is 21.4. The number of nitrogens with zero attached hydrogens (tertiary/aromatic N) is 2. The van der Waals surface area contributed by atoms with Gasteiger partial charge in [-0.2, -0.15) is 0 Å². The van der Waals surface area contributed by atoms with Crippen molar-refractivity contribution in [3.8, 4) is 17.0 Å². The second kappa shape index (κ2) is 11.4. The fourth-order valence-corrected chi connectivity index (χ4v) is 7.04. The van der Waals surface area contributed by atoms with Crippen molar-refractivity contribution < 1.29 is 22.3 Å². The number of hydrogen-bond acceptors (Lipinski definition) is 7. The number of piperidine rings is 1. The van der Waals surface area contributed by atoms with Crippen molar-refractivity contribution in [2.24, 2.45) is 17.6 Å². The van der Waals surface area contributed by atoms with Crippen LogP contribution in [0.15, 0.2) is 29.2 Å². The van der Waals surface area contributed by atoms with Crippen LogP contribution in [0.25, 0.3) is 11.3 Å². The van der Waals surface area contributed by atoms with Crippen LogP contribution in [0.5, 0.6) is 5.75 Å². The van der Waals surface area contributed by atoms with E-state index in [4.69, 9.17) is 15.5 Å². The Morgan fingerprint density at radius 3 is 2.64 bits per heavy atom. The fourth-order valence-electron chi connectivity index (χ4n) is 5.55. The van der Waals surface area contributed by atoms with Crippen LogP contribution in [-0.4, -0.2) is 57.1 Å².